The van der Waals surface area contributed by atoms with Gasteiger partial charge in [0, 0.05) is 16.1 Å². The maximum Gasteiger partial charge on any atom is 0.349 e. The van der Waals surface area contributed by atoms with Gasteiger partial charge in [-0.3, -0.25) is 4.79 Å². The number of aliphatic hydroxyl groups excluding tert-OH is 1. The van der Waals surface area contributed by atoms with Gasteiger partial charge in [0.1, 0.15) is 12.4 Å². The van der Waals surface area contributed by atoms with Crippen molar-refractivity contribution in [2.45, 2.75) is 19.4 Å². The Bertz CT molecular complexity index is 735. The van der Waals surface area contributed by atoms with Gasteiger partial charge < -0.3 is 14.6 Å². The lowest BCUT2D eigenvalue weighted by atomic mass is 10.0. The Balaban J connectivity index is 2.07. The molecular weight excluding hydrogens is 344 g/mol. The molecule has 0 aliphatic heterocycles. The molecule has 0 radical (unpaired) electrons. The van der Waals surface area contributed by atoms with Gasteiger partial charge in [-0.25, -0.2) is 4.79 Å². The average Bonchev–Trinajstić information content (AvgIpc) is 2.60. The molecule has 1 N–H and O–H groups in total. The summed E-state index contributed by atoms with van der Waals surface area (Å²) in [4.78, 5) is 24.3. The normalized spacial score (nSPS) is 11.0. The smallest absolute Gasteiger partial charge is 0.349 e. The van der Waals surface area contributed by atoms with Crippen molar-refractivity contribution in [2.24, 2.45) is 0 Å². The van der Waals surface area contributed by atoms with E-state index < -0.39 is 11.6 Å². The lowest BCUT2D eigenvalue weighted by Crippen LogP contribution is -2.40. The third kappa shape index (κ3) is 5.05. The molecule has 0 heterocycles. The molecule has 2 aromatic carbocycles. The molecular formula is C19H19ClO5. The number of benzene rings is 2. The van der Waals surface area contributed by atoms with Crippen LogP contribution in [0.5, 0.6) is 5.75 Å². The molecule has 6 heteroatoms. The second-order valence-corrected chi connectivity index (χ2v) is 6.27. The van der Waals surface area contributed by atoms with Crippen LogP contribution in [0.2, 0.25) is 5.02 Å². The Morgan fingerprint density at radius 2 is 1.52 bits per heavy atom. The number of carbonyl (C=O) groups excluding carboxylic acids is 2. The molecule has 0 aliphatic carbocycles. The summed E-state index contributed by atoms with van der Waals surface area (Å²) in [5.41, 5.74) is -0.182. The van der Waals surface area contributed by atoms with E-state index in [-0.39, 0.29) is 19.0 Å². The summed E-state index contributed by atoms with van der Waals surface area (Å²) in [5.74, 6) is -0.286. The van der Waals surface area contributed by atoms with Crippen molar-refractivity contribution in [2.75, 3.05) is 13.2 Å². The van der Waals surface area contributed by atoms with E-state index in [1.807, 2.05) is 0 Å². The summed E-state index contributed by atoms with van der Waals surface area (Å²) in [7, 11) is 0. The molecule has 0 saturated heterocycles. The fourth-order valence-corrected chi connectivity index (χ4v) is 2.22. The molecule has 2 aromatic rings. The topological polar surface area (TPSA) is 72.8 Å². The van der Waals surface area contributed by atoms with Gasteiger partial charge in [-0.05, 0) is 62.4 Å². The number of ether oxygens (including phenoxy) is 2. The van der Waals surface area contributed by atoms with Crippen LogP contribution in [0.15, 0.2) is 48.5 Å². The average molecular weight is 363 g/mol. The number of halogens is 1. The second-order valence-electron chi connectivity index (χ2n) is 5.83. The molecule has 5 nitrogen and oxygen atoms in total. The van der Waals surface area contributed by atoms with Gasteiger partial charge in [0.25, 0.3) is 0 Å². The maximum atomic E-state index is 12.4. The maximum absolute atomic E-state index is 12.4. The molecule has 0 aromatic heterocycles. The number of hydrogen-bond donors (Lipinski definition) is 1. The molecule has 0 spiro atoms. The van der Waals surface area contributed by atoms with Crippen LogP contribution in [0.3, 0.4) is 0 Å². The zero-order valence-electron chi connectivity index (χ0n) is 14.0. The van der Waals surface area contributed by atoms with Crippen LogP contribution < -0.4 is 4.74 Å². The van der Waals surface area contributed by atoms with Crippen molar-refractivity contribution >= 4 is 23.4 Å². The summed E-state index contributed by atoms with van der Waals surface area (Å²) in [5, 5.41) is 9.27. The molecule has 132 valence electrons. The highest BCUT2D eigenvalue weighted by Crippen LogP contribution is 2.22. The first kappa shape index (κ1) is 19.0. The summed E-state index contributed by atoms with van der Waals surface area (Å²) in [6, 6.07) is 13.1. The van der Waals surface area contributed by atoms with E-state index >= 15 is 0 Å². The lowest BCUT2D eigenvalue weighted by molar-refractivity contribution is -0.160. The van der Waals surface area contributed by atoms with E-state index in [0.717, 1.165) is 0 Å². The van der Waals surface area contributed by atoms with Crippen LogP contribution in [0.25, 0.3) is 0 Å². The highest BCUT2D eigenvalue weighted by atomic mass is 35.5. The highest BCUT2D eigenvalue weighted by molar-refractivity contribution is 6.30. The van der Waals surface area contributed by atoms with Gasteiger partial charge in [0.05, 0.1) is 6.61 Å². The number of aliphatic hydroxyl groups is 1. The van der Waals surface area contributed by atoms with Crippen LogP contribution in [0.1, 0.15) is 29.8 Å². The number of esters is 1. The zero-order valence-corrected chi connectivity index (χ0v) is 14.7. The molecule has 0 fully saturated rings. The molecule has 25 heavy (non-hydrogen) atoms. The Kier molecular flexibility index (Phi) is 6.17. The van der Waals surface area contributed by atoms with Crippen LogP contribution >= 0.6 is 11.6 Å². The Labute approximate surface area is 151 Å². The third-order valence-corrected chi connectivity index (χ3v) is 3.66. The first-order chi connectivity index (χ1) is 11.8. The first-order valence-corrected chi connectivity index (χ1v) is 8.09. The van der Waals surface area contributed by atoms with E-state index in [1.165, 1.54) is 0 Å². The third-order valence-electron chi connectivity index (χ3n) is 3.41. The highest BCUT2D eigenvalue weighted by Gasteiger charge is 2.31. The molecule has 0 atom stereocenters. The van der Waals surface area contributed by atoms with Gasteiger partial charge >= 0.3 is 5.97 Å². The monoisotopic (exact) mass is 362 g/mol. The lowest BCUT2D eigenvalue weighted by Gasteiger charge is -2.24. The van der Waals surface area contributed by atoms with E-state index in [1.54, 1.807) is 62.4 Å². The predicted molar refractivity (Wildman–Crippen MR) is 94.1 cm³/mol. The minimum atomic E-state index is -1.21. The summed E-state index contributed by atoms with van der Waals surface area (Å²) in [6.07, 6.45) is 0. The molecule has 0 unspecified atom stereocenters. The minimum absolute atomic E-state index is 0.0832. The van der Waals surface area contributed by atoms with Crippen molar-refractivity contribution in [1.29, 1.82) is 0 Å². The van der Waals surface area contributed by atoms with E-state index in [2.05, 4.69) is 0 Å². The number of hydrogen-bond acceptors (Lipinski definition) is 5. The van der Waals surface area contributed by atoms with Crippen molar-refractivity contribution in [3.05, 3.63) is 64.7 Å². The predicted octanol–water partition coefficient (Wildman–Crippen LogP) is 3.26. The SMILES string of the molecule is CC(C)(Oc1ccc(C(=O)c2ccc(Cl)cc2)cc1)C(=O)OCCO. The van der Waals surface area contributed by atoms with Crippen molar-refractivity contribution in [3.63, 3.8) is 0 Å². The van der Waals surface area contributed by atoms with Crippen LogP contribution in [0.4, 0.5) is 0 Å². The fourth-order valence-electron chi connectivity index (χ4n) is 2.09. The van der Waals surface area contributed by atoms with Gasteiger partial charge in [-0.15, -0.1) is 0 Å². The standard InChI is InChI=1S/C19H19ClO5/c1-19(2,18(23)24-12-11-21)25-16-9-5-14(6-10-16)17(22)13-3-7-15(20)8-4-13/h3-10,21H,11-12H2,1-2H3. The summed E-state index contributed by atoms with van der Waals surface area (Å²) < 4.78 is 10.5. The zero-order chi connectivity index (χ0) is 18.4. The van der Waals surface area contributed by atoms with Crippen molar-refractivity contribution in [3.8, 4) is 5.75 Å². The van der Waals surface area contributed by atoms with E-state index in [0.29, 0.717) is 21.9 Å². The Morgan fingerprint density at radius 1 is 1.00 bits per heavy atom. The fraction of sp³-hybridized carbons (Fsp3) is 0.263. The number of ketones is 1. The van der Waals surface area contributed by atoms with Crippen molar-refractivity contribution < 1.29 is 24.2 Å². The molecule has 0 amide bonds. The molecule has 0 aliphatic rings. The van der Waals surface area contributed by atoms with Crippen LogP contribution in [0, 0.1) is 0 Å². The first-order valence-electron chi connectivity index (χ1n) is 7.71. The van der Waals surface area contributed by atoms with E-state index in [9.17, 15) is 9.59 Å². The largest absolute Gasteiger partial charge is 0.476 e. The van der Waals surface area contributed by atoms with Crippen LogP contribution in [-0.2, 0) is 9.53 Å². The molecule has 0 saturated carbocycles. The van der Waals surface area contributed by atoms with E-state index in [4.69, 9.17) is 26.2 Å². The van der Waals surface area contributed by atoms with Gasteiger partial charge in [0.15, 0.2) is 11.4 Å². The van der Waals surface area contributed by atoms with Gasteiger partial charge in [-0.2, -0.15) is 0 Å². The summed E-state index contributed by atoms with van der Waals surface area (Å²) in [6.45, 7) is 2.81. The Hall–Kier alpha value is -2.37. The van der Waals surface area contributed by atoms with Gasteiger partial charge in [0.2, 0.25) is 0 Å². The number of carbonyl (C=O) groups is 2. The summed E-state index contributed by atoms with van der Waals surface area (Å²) >= 11 is 5.82. The second kappa shape index (κ2) is 8.14. The van der Waals surface area contributed by atoms with Crippen LogP contribution in [-0.4, -0.2) is 35.7 Å². The molecule has 0 bridgehead atoms. The minimum Gasteiger partial charge on any atom is -0.476 e. The number of rotatable bonds is 7. The molecule has 2 rings (SSSR count). The van der Waals surface area contributed by atoms with Crippen molar-refractivity contribution in [1.82, 2.24) is 0 Å². The Morgan fingerprint density at radius 3 is 2.04 bits per heavy atom. The quantitative estimate of drug-likeness (QED) is 0.604. The van der Waals surface area contributed by atoms with Gasteiger partial charge in [-0.1, -0.05) is 11.6 Å².